The lowest BCUT2D eigenvalue weighted by Crippen LogP contribution is -2.43. The average molecular weight is 413 g/mol. The molecule has 0 bridgehead atoms. The third-order valence-electron chi connectivity index (χ3n) is 5.51. The molecular weight excluding hydrogens is 388 g/mol. The van der Waals surface area contributed by atoms with Crippen LogP contribution < -0.4 is 5.32 Å². The lowest BCUT2D eigenvalue weighted by Gasteiger charge is -2.35. The second-order valence-electron chi connectivity index (χ2n) is 7.48. The maximum Gasteiger partial charge on any atom is 0.287 e. The molecule has 1 aliphatic heterocycles. The molecule has 1 saturated heterocycles. The Morgan fingerprint density at radius 2 is 1.86 bits per heavy atom. The Morgan fingerprint density at radius 1 is 1.14 bits per heavy atom. The second-order valence-corrected chi connectivity index (χ2v) is 7.92. The maximum absolute atomic E-state index is 12.9. The summed E-state index contributed by atoms with van der Waals surface area (Å²) < 4.78 is 11.3. The van der Waals surface area contributed by atoms with Gasteiger partial charge in [0.15, 0.2) is 5.76 Å². The van der Waals surface area contributed by atoms with Crippen LogP contribution in [0.5, 0.6) is 0 Å². The fraction of sp³-hybridized carbons (Fsp3) is 0.348. The van der Waals surface area contributed by atoms with E-state index in [4.69, 9.17) is 20.8 Å². The molecule has 6 heteroatoms. The highest BCUT2D eigenvalue weighted by Crippen LogP contribution is 2.28. The van der Waals surface area contributed by atoms with E-state index in [1.54, 1.807) is 12.1 Å². The van der Waals surface area contributed by atoms with Crippen LogP contribution in [0.4, 0.5) is 0 Å². The zero-order chi connectivity index (χ0) is 20.4. The molecule has 2 heterocycles. The van der Waals surface area contributed by atoms with Crippen LogP contribution in [0.25, 0.3) is 11.0 Å². The molecule has 1 fully saturated rings. The molecule has 0 spiro atoms. The Bertz CT molecular complexity index is 1010. The fourth-order valence-corrected chi connectivity index (χ4v) is 3.99. The standard InChI is InChI=1S/C23H25ClN2O3/c1-15-3-5-17(6-4-15)20(26-9-11-28-12-10-26)14-25-23(27)22-16(2)19-13-18(24)7-8-21(19)29-22/h3-8,13,20H,9-12,14H2,1-2H3,(H,25,27). The van der Waals surface area contributed by atoms with Crippen LogP contribution >= 0.6 is 11.6 Å². The number of carbonyl (C=O) groups excluding carboxylic acids is 1. The van der Waals surface area contributed by atoms with Gasteiger partial charge in [0.2, 0.25) is 0 Å². The van der Waals surface area contributed by atoms with Crippen LogP contribution in [-0.2, 0) is 4.74 Å². The summed E-state index contributed by atoms with van der Waals surface area (Å²) in [5, 5.41) is 4.57. The van der Waals surface area contributed by atoms with Gasteiger partial charge in [0.05, 0.1) is 19.3 Å². The van der Waals surface area contributed by atoms with E-state index in [-0.39, 0.29) is 11.9 Å². The molecule has 0 radical (unpaired) electrons. The number of ether oxygens (including phenoxy) is 1. The average Bonchev–Trinajstić information content (AvgIpc) is 3.06. The molecule has 1 atom stereocenters. The van der Waals surface area contributed by atoms with E-state index in [1.165, 1.54) is 11.1 Å². The van der Waals surface area contributed by atoms with Crippen molar-refractivity contribution in [1.82, 2.24) is 10.2 Å². The summed E-state index contributed by atoms with van der Waals surface area (Å²) in [6.45, 7) is 7.56. The van der Waals surface area contributed by atoms with Gasteiger partial charge in [0.25, 0.3) is 5.91 Å². The summed E-state index contributed by atoms with van der Waals surface area (Å²) in [7, 11) is 0. The SMILES string of the molecule is Cc1ccc(C(CNC(=O)c2oc3ccc(Cl)cc3c2C)N2CCOCC2)cc1. The van der Waals surface area contributed by atoms with Crippen LogP contribution in [0.1, 0.15) is 33.3 Å². The van der Waals surface area contributed by atoms with Gasteiger partial charge in [-0.3, -0.25) is 9.69 Å². The number of benzene rings is 2. The largest absolute Gasteiger partial charge is 0.451 e. The molecule has 1 aliphatic rings. The minimum Gasteiger partial charge on any atom is -0.451 e. The normalized spacial score (nSPS) is 16.1. The van der Waals surface area contributed by atoms with Crippen LogP contribution in [0, 0.1) is 13.8 Å². The first-order valence-corrected chi connectivity index (χ1v) is 10.3. The molecule has 1 unspecified atom stereocenters. The second kappa shape index (κ2) is 8.57. The summed E-state index contributed by atoms with van der Waals surface area (Å²) in [4.78, 5) is 15.3. The van der Waals surface area contributed by atoms with Crippen molar-refractivity contribution in [1.29, 1.82) is 0 Å². The molecule has 1 amide bonds. The summed E-state index contributed by atoms with van der Waals surface area (Å²) in [5.41, 5.74) is 3.87. The van der Waals surface area contributed by atoms with Crippen molar-refractivity contribution >= 4 is 28.5 Å². The number of hydrogen-bond donors (Lipinski definition) is 1. The molecule has 152 valence electrons. The number of hydrogen-bond acceptors (Lipinski definition) is 4. The summed E-state index contributed by atoms with van der Waals surface area (Å²) in [6.07, 6.45) is 0. The highest BCUT2D eigenvalue weighted by Gasteiger charge is 2.25. The highest BCUT2D eigenvalue weighted by atomic mass is 35.5. The lowest BCUT2D eigenvalue weighted by molar-refractivity contribution is 0.0161. The number of aryl methyl sites for hydroxylation is 2. The smallest absolute Gasteiger partial charge is 0.287 e. The minimum atomic E-state index is -0.208. The van der Waals surface area contributed by atoms with E-state index >= 15 is 0 Å². The molecule has 3 aromatic rings. The molecule has 0 aliphatic carbocycles. The number of fused-ring (bicyclic) bond motifs is 1. The number of rotatable bonds is 5. The van der Waals surface area contributed by atoms with Crippen LogP contribution in [0.3, 0.4) is 0 Å². The van der Waals surface area contributed by atoms with Crippen LogP contribution in [0.15, 0.2) is 46.9 Å². The summed E-state index contributed by atoms with van der Waals surface area (Å²) in [6, 6.07) is 14.0. The number of furan rings is 1. The number of carbonyl (C=O) groups is 1. The van der Waals surface area contributed by atoms with Gasteiger partial charge in [-0.05, 0) is 37.6 Å². The van der Waals surface area contributed by atoms with E-state index < -0.39 is 0 Å². The number of halogens is 1. The first kappa shape index (κ1) is 20.0. The van der Waals surface area contributed by atoms with Crippen LogP contribution in [-0.4, -0.2) is 43.7 Å². The Kier molecular flexibility index (Phi) is 5.90. The van der Waals surface area contributed by atoms with Crippen molar-refractivity contribution in [3.63, 3.8) is 0 Å². The first-order chi connectivity index (χ1) is 14.0. The van der Waals surface area contributed by atoms with Crippen molar-refractivity contribution in [3.05, 3.63) is 69.9 Å². The zero-order valence-electron chi connectivity index (χ0n) is 16.7. The predicted octanol–water partition coefficient (Wildman–Crippen LogP) is 4.51. The van der Waals surface area contributed by atoms with Crippen LogP contribution in [0.2, 0.25) is 5.02 Å². The van der Waals surface area contributed by atoms with Crippen molar-refractivity contribution in [2.24, 2.45) is 0 Å². The molecule has 5 nitrogen and oxygen atoms in total. The van der Waals surface area contributed by atoms with Gasteiger partial charge >= 0.3 is 0 Å². The predicted molar refractivity (Wildman–Crippen MR) is 115 cm³/mol. The van der Waals surface area contributed by atoms with E-state index in [9.17, 15) is 4.79 Å². The number of morpholine rings is 1. The monoisotopic (exact) mass is 412 g/mol. The van der Waals surface area contributed by atoms with Gasteiger partial charge in [-0.15, -0.1) is 0 Å². The van der Waals surface area contributed by atoms with Gasteiger partial charge < -0.3 is 14.5 Å². The molecular formula is C23H25ClN2O3. The van der Waals surface area contributed by atoms with E-state index in [2.05, 4.69) is 41.4 Å². The Labute approximate surface area is 175 Å². The molecule has 2 aromatic carbocycles. The molecule has 0 saturated carbocycles. The van der Waals surface area contributed by atoms with Crippen molar-refractivity contribution in [3.8, 4) is 0 Å². The zero-order valence-corrected chi connectivity index (χ0v) is 17.5. The Morgan fingerprint density at radius 3 is 2.59 bits per heavy atom. The van der Waals surface area contributed by atoms with Crippen molar-refractivity contribution in [2.45, 2.75) is 19.9 Å². The van der Waals surface area contributed by atoms with Crippen molar-refractivity contribution < 1.29 is 13.9 Å². The summed E-state index contributed by atoms with van der Waals surface area (Å²) in [5.74, 6) is 0.132. The number of nitrogens with one attached hydrogen (secondary N) is 1. The van der Waals surface area contributed by atoms with E-state index in [1.807, 2.05) is 13.0 Å². The first-order valence-electron chi connectivity index (χ1n) is 9.88. The molecule has 1 aromatic heterocycles. The molecule has 29 heavy (non-hydrogen) atoms. The van der Waals surface area contributed by atoms with E-state index in [0.29, 0.717) is 36.1 Å². The minimum absolute atomic E-state index is 0.0857. The van der Waals surface area contributed by atoms with E-state index in [0.717, 1.165) is 24.0 Å². The topological polar surface area (TPSA) is 54.7 Å². The van der Waals surface area contributed by atoms with Gasteiger partial charge in [-0.1, -0.05) is 41.4 Å². The third kappa shape index (κ3) is 4.32. The fourth-order valence-electron chi connectivity index (χ4n) is 3.81. The molecule has 4 rings (SSSR count). The van der Waals surface area contributed by atoms with Gasteiger partial charge in [-0.25, -0.2) is 0 Å². The molecule has 1 N–H and O–H groups in total. The number of amides is 1. The van der Waals surface area contributed by atoms with Crippen molar-refractivity contribution in [2.75, 3.05) is 32.8 Å². The highest BCUT2D eigenvalue weighted by molar-refractivity contribution is 6.31. The lowest BCUT2D eigenvalue weighted by atomic mass is 10.0. The Hall–Kier alpha value is -2.34. The third-order valence-corrected chi connectivity index (χ3v) is 5.74. The Balaban J connectivity index is 1.54. The number of nitrogens with zero attached hydrogens (tertiary/aromatic N) is 1. The van der Waals surface area contributed by atoms with Gasteiger partial charge in [0.1, 0.15) is 5.58 Å². The van der Waals surface area contributed by atoms with Gasteiger partial charge in [-0.2, -0.15) is 0 Å². The maximum atomic E-state index is 12.9. The quantitative estimate of drug-likeness (QED) is 0.670. The summed E-state index contributed by atoms with van der Waals surface area (Å²) >= 11 is 6.09. The van der Waals surface area contributed by atoms with Gasteiger partial charge in [0, 0.05) is 35.6 Å².